The zero-order chi connectivity index (χ0) is 19.4. The van der Waals surface area contributed by atoms with Crippen molar-refractivity contribution in [3.8, 4) is 0 Å². The maximum atomic E-state index is 12.2. The Kier molecular flexibility index (Phi) is 4.47. The number of nitrogens with one attached hydrogen (secondary N) is 1. The van der Waals surface area contributed by atoms with E-state index in [1.807, 2.05) is 0 Å². The molecule has 1 saturated heterocycles. The lowest BCUT2D eigenvalue weighted by Crippen LogP contribution is -2.52. The Morgan fingerprint density at radius 3 is 2.59 bits per heavy atom. The standard InChI is InChI=1S/C23H35NO3/c1-15(25)24-17-14-27-20(26)16(17)6-7-19-22(4)10-5-9-21(2,3)18(22)8-11-23(19)12-13-23/h6,17-19H,5,7-14H2,1-4H3,(H,24,25)/b16-6+/t17-,18+,19-,22+/m1/s1. The summed E-state index contributed by atoms with van der Waals surface area (Å²) in [5.41, 5.74) is 1.95. The maximum absolute atomic E-state index is 12.2. The summed E-state index contributed by atoms with van der Waals surface area (Å²) in [5, 5.41) is 2.87. The largest absolute Gasteiger partial charge is 0.460 e. The van der Waals surface area contributed by atoms with Crippen LogP contribution in [0.5, 0.6) is 0 Å². The van der Waals surface area contributed by atoms with Crippen molar-refractivity contribution in [2.45, 2.75) is 85.1 Å². The van der Waals surface area contributed by atoms with Gasteiger partial charge in [0.1, 0.15) is 6.61 Å². The van der Waals surface area contributed by atoms with Gasteiger partial charge in [0.05, 0.1) is 11.6 Å². The highest BCUT2D eigenvalue weighted by molar-refractivity contribution is 5.93. The van der Waals surface area contributed by atoms with Gasteiger partial charge in [-0.3, -0.25) is 4.79 Å². The smallest absolute Gasteiger partial charge is 0.336 e. The van der Waals surface area contributed by atoms with E-state index >= 15 is 0 Å². The molecule has 4 nitrogen and oxygen atoms in total. The summed E-state index contributed by atoms with van der Waals surface area (Å²) in [6.45, 7) is 9.25. The molecule has 0 radical (unpaired) electrons. The van der Waals surface area contributed by atoms with Crippen LogP contribution in [-0.4, -0.2) is 24.5 Å². The number of rotatable bonds is 3. The van der Waals surface area contributed by atoms with Crippen molar-refractivity contribution in [2.24, 2.45) is 28.1 Å². The van der Waals surface area contributed by atoms with E-state index in [0.717, 1.165) is 12.3 Å². The number of carbonyl (C=O) groups is 2. The van der Waals surface area contributed by atoms with Crippen LogP contribution >= 0.6 is 0 Å². The van der Waals surface area contributed by atoms with Gasteiger partial charge in [-0.05, 0) is 73.0 Å². The fourth-order valence-corrected chi connectivity index (χ4v) is 7.20. The first-order chi connectivity index (χ1) is 12.7. The van der Waals surface area contributed by atoms with Crippen LogP contribution in [0.3, 0.4) is 0 Å². The Labute approximate surface area is 163 Å². The van der Waals surface area contributed by atoms with Gasteiger partial charge in [-0.2, -0.15) is 0 Å². The number of fused-ring (bicyclic) bond motifs is 1. The minimum atomic E-state index is -0.278. The predicted molar refractivity (Wildman–Crippen MR) is 105 cm³/mol. The van der Waals surface area contributed by atoms with Crippen LogP contribution in [0, 0.1) is 28.1 Å². The van der Waals surface area contributed by atoms with Crippen molar-refractivity contribution in [1.29, 1.82) is 0 Å². The normalized spacial score (nSPS) is 40.5. The number of carbonyl (C=O) groups excluding carboxylic acids is 2. The zero-order valence-electron chi connectivity index (χ0n) is 17.4. The molecule has 3 saturated carbocycles. The maximum Gasteiger partial charge on any atom is 0.336 e. The molecule has 1 N–H and O–H groups in total. The van der Waals surface area contributed by atoms with E-state index in [0.29, 0.717) is 27.7 Å². The Morgan fingerprint density at radius 1 is 1.19 bits per heavy atom. The third kappa shape index (κ3) is 3.13. The average molecular weight is 374 g/mol. The average Bonchev–Trinajstić information content (AvgIpc) is 3.25. The Hall–Kier alpha value is -1.32. The van der Waals surface area contributed by atoms with E-state index in [1.165, 1.54) is 51.9 Å². The van der Waals surface area contributed by atoms with E-state index < -0.39 is 0 Å². The molecule has 1 amide bonds. The third-order valence-electron chi connectivity index (χ3n) is 8.58. The second kappa shape index (κ2) is 6.35. The van der Waals surface area contributed by atoms with Gasteiger partial charge < -0.3 is 10.1 Å². The molecule has 0 aromatic carbocycles. The first-order valence-corrected chi connectivity index (χ1v) is 10.8. The molecular formula is C23H35NO3. The number of cyclic esters (lactones) is 1. The summed E-state index contributed by atoms with van der Waals surface area (Å²) >= 11 is 0. The fourth-order valence-electron chi connectivity index (χ4n) is 7.20. The van der Waals surface area contributed by atoms with Crippen LogP contribution in [0.25, 0.3) is 0 Å². The molecule has 4 rings (SSSR count). The molecule has 4 fully saturated rings. The van der Waals surface area contributed by atoms with E-state index in [9.17, 15) is 9.59 Å². The Morgan fingerprint density at radius 2 is 1.93 bits per heavy atom. The first kappa shape index (κ1) is 19.0. The summed E-state index contributed by atoms with van der Waals surface area (Å²) < 4.78 is 5.23. The highest BCUT2D eigenvalue weighted by Crippen LogP contribution is 2.72. The topological polar surface area (TPSA) is 55.4 Å². The highest BCUT2D eigenvalue weighted by atomic mass is 16.5. The molecule has 1 aliphatic heterocycles. The van der Waals surface area contributed by atoms with Crippen molar-refractivity contribution in [3.63, 3.8) is 0 Å². The fraction of sp³-hybridized carbons (Fsp3) is 0.826. The molecule has 3 aliphatic carbocycles. The number of ether oxygens (including phenoxy) is 1. The lowest BCUT2D eigenvalue weighted by molar-refractivity contribution is -0.135. The summed E-state index contributed by atoms with van der Waals surface area (Å²) in [4.78, 5) is 23.7. The summed E-state index contributed by atoms with van der Waals surface area (Å²) in [7, 11) is 0. The molecule has 4 aliphatic rings. The molecule has 0 bridgehead atoms. The van der Waals surface area contributed by atoms with Crippen LogP contribution in [-0.2, 0) is 14.3 Å². The first-order valence-electron chi connectivity index (χ1n) is 10.8. The number of esters is 1. The number of amides is 1. The molecule has 0 aromatic rings. The second-order valence-electron chi connectivity index (χ2n) is 10.6. The van der Waals surface area contributed by atoms with Gasteiger partial charge in [0, 0.05) is 6.92 Å². The van der Waals surface area contributed by atoms with Crippen LogP contribution in [0.15, 0.2) is 11.6 Å². The van der Waals surface area contributed by atoms with Crippen molar-refractivity contribution in [3.05, 3.63) is 11.6 Å². The molecule has 27 heavy (non-hydrogen) atoms. The number of hydrogen-bond acceptors (Lipinski definition) is 3. The third-order valence-corrected chi connectivity index (χ3v) is 8.58. The predicted octanol–water partition coefficient (Wildman–Crippen LogP) is 4.39. The van der Waals surface area contributed by atoms with Crippen molar-refractivity contribution < 1.29 is 14.3 Å². The monoisotopic (exact) mass is 373 g/mol. The van der Waals surface area contributed by atoms with Crippen LogP contribution in [0.4, 0.5) is 0 Å². The van der Waals surface area contributed by atoms with Gasteiger partial charge in [0.15, 0.2) is 0 Å². The van der Waals surface area contributed by atoms with E-state index in [1.54, 1.807) is 0 Å². The minimum Gasteiger partial charge on any atom is -0.460 e. The molecule has 4 atom stereocenters. The van der Waals surface area contributed by atoms with Crippen molar-refractivity contribution in [2.75, 3.05) is 6.61 Å². The van der Waals surface area contributed by atoms with E-state index in [4.69, 9.17) is 4.74 Å². The molecule has 150 valence electrons. The zero-order valence-corrected chi connectivity index (χ0v) is 17.4. The van der Waals surface area contributed by atoms with Gasteiger partial charge in [0.25, 0.3) is 0 Å². The molecule has 4 heteroatoms. The Bertz CT molecular complexity index is 675. The van der Waals surface area contributed by atoms with Gasteiger partial charge in [-0.25, -0.2) is 4.79 Å². The quantitative estimate of drug-likeness (QED) is 0.590. The lowest BCUT2D eigenvalue weighted by atomic mass is 9.45. The molecule has 1 heterocycles. The molecule has 0 unspecified atom stereocenters. The Balaban J connectivity index is 1.61. The lowest BCUT2D eigenvalue weighted by Gasteiger charge is -2.60. The van der Waals surface area contributed by atoms with Crippen LogP contribution in [0.2, 0.25) is 0 Å². The minimum absolute atomic E-state index is 0.110. The molecule has 1 spiro atoms. The van der Waals surface area contributed by atoms with Crippen LogP contribution in [0.1, 0.15) is 79.1 Å². The second-order valence-corrected chi connectivity index (χ2v) is 10.6. The number of allylic oxidation sites excluding steroid dienone is 1. The SMILES string of the molecule is CC(=O)N[C@@H]1COC(=O)/C1=C/C[C@H]1C2(CC[C@H]3C(C)(C)CCC[C@@]31C)CC2. The summed E-state index contributed by atoms with van der Waals surface area (Å²) in [6, 6.07) is -0.278. The van der Waals surface area contributed by atoms with Gasteiger partial charge in [0.2, 0.25) is 5.91 Å². The van der Waals surface area contributed by atoms with E-state index in [-0.39, 0.29) is 24.5 Å². The molecular weight excluding hydrogens is 338 g/mol. The van der Waals surface area contributed by atoms with Crippen molar-refractivity contribution >= 4 is 11.9 Å². The van der Waals surface area contributed by atoms with Gasteiger partial charge >= 0.3 is 5.97 Å². The summed E-state index contributed by atoms with van der Waals surface area (Å²) in [5.74, 6) is 1.05. The van der Waals surface area contributed by atoms with Crippen LogP contribution < -0.4 is 5.32 Å². The summed E-state index contributed by atoms with van der Waals surface area (Å²) in [6.07, 6.45) is 12.5. The molecule has 0 aromatic heterocycles. The van der Waals surface area contributed by atoms with E-state index in [2.05, 4.69) is 32.2 Å². The highest BCUT2D eigenvalue weighted by Gasteiger charge is 2.63. The van der Waals surface area contributed by atoms with Gasteiger partial charge in [-0.1, -0.05) is 33.3 Å². The van der Waals surface area contributed by atoms with Crippen molar-refractivity contribution in [1.82, 2.24) is 5.32 Å². The van der Waals surface area contributed by atoms with Gasteiger partial charge in [-0.15, -0.1) is 0 Å². The number of hydrogen-bond donors (Lipinski definition) is 1.